The van der Waals surface area contributed by atoms with Crippen LogP contribution < -0.4 is 16.0 Å². The number of rotatable bonds is 3. The van der Waals surface area contributed by atoms with Crippen molar-refractivity contribution in [3.05, 3.63) is 29.8 Å². The average Bonchev–Trinajstić information content (AvgIpc) is 2.32. The zero-order valence-electron chi connectivity index (χ0n) is 13.3. The second-order valence-corrected chi connectivity index (χ2v) is 5.68. The maximum Gasteiger partial charge on any atom is 0.221 e. The van der Waals surface area contributed by atoms with E-state index in [-0.39, 0.29) is 35.4 Å². The topological polar surface area (TPSA) is 65.5 Å². The monoisotopic (exact) mass is 404 g/mol. The Bertz CT molecular complexity index is 495. The molecule has 0 aliphatic rings. The summed E-state index contributed by atoms with van der Waals surface area (Å²) in [5.41, 5.74) is 1.84. The minimum Gasteiger partial charge on any atom is -0.352 e. The van der Waals surface area contributed by atoms with Gasteiger partial charge in [-0.05, 0) is 38.5 Å². The zero-order valence-corrected chi connectivity index (χ0v) is 15.6. The molecule has 0 spiro atoms. The van der Waals surface area contributed by atoms with Gasteiger partial charge in [0.25, 0.3) is 0 Å². The van der Waals surface area contributed by atoms with Gasteiger partial charge in [-0.25, -0.2) is 0 Å². The lowest BCUT2D eigenvalue weighted by Crippen LogP contribution is -2.47. The second kappa shape index (κ2) is 8.86. The Morgan fingerprint density at radius 1 is 1.29 bits per heavy atom. The van der Waals surface area contributed by atoms with E-state index in [4.69, 9.17) is 0 Å². The van der Waals surface area contributed by atoms with E-state index < -0.39 is 0 Å². The third kappa shape index (κ3) is 8.54. The molecule has 0 radical (unpaired) electrons. The van der Waals surface area contributed by atoms with Gasteiger partial charge in [-0.1, -0.05) is 12.1 Å². The first-order valence-electron chi connectivity index (χ1n) is 6.65. The largest absolute Gasteiger partial charge is 0.352 e. The van der Waals surface area contributed by atoms with Crippen molar-refractivity contribution in [2.45, 2.75) is 39.8 Å². The Morgan fingerprint density at radius 3 is 2.48 bits per heavy atom. The summed E-state index contributed by atoms with van der Waals surface area (Å²) < 4.78 is 0. The fraction of sp³-hybridized carbons (Fsp3) is 0.467. The quantitative estimate of drug-likeness (QED) is 0.413. The van der Waals surface area contributed by atoms with Gasteiger partial charge in [0.15, 0.2) is 5.96 Å². The molecule has 1 amide bonds. The Labute approximate surface area is 144 Å². The van der Waals surface area contributed by atoms with Crippen LogP contribution in [-0.2, 0) is 11.3 Å². The molecule has 3 N–H and O–H groups in total. The van der Waals surface area contributed by atoms with E-state index in [1.54, 1.807) is 7.05 Å². The van der Waals surface area contributed by atoms with Crippen LogP contribution in [0, 0.1) is 0 Å². The Balaban J connectivity index is 0.00000400. The van der Waals surface area contributed by atoms with Crippen molar-refractivity contribution in [1.82, 2.24) is 10.6 Å². The summed E-state index contributed by atoms with van der Waals surface area (Å²) in [6.45, 7) is 8.38. The smallest absolute Gasteiger partial charge is 0.221 e. The van der Waals surface area contributed by atoms with Crippen LogP contribution in [-0.4, -0.2) is 24.5 Å². The van der Waals surface area contributed by atoms with Gasteiger partial charge in [-0.15, -0.1) is 24.0 Å². The fourth-order valence-corrected chi connectivity index (χ4v) is 1.68. The maximum absolute atomic E-state index is 11.0. The molecule has 118 valence electrons. The number of aliphatic imine (C=N–C) groups is 1. The van der Waals surface area contributed by atoms with Crippen LogP contribution in [0.5, 0.6) is 0 Å². The van der Waals surface area contributed by atoms with Crippen molar-refractivity contribution in [3.8, 4) is 0 Å². The van der Waals surface area contributed by atoms with E-state index in [1.165, 1.54) is 6.92 Å². The number of benzene rings is 1. The van der Waals surface area contributed by atoms with Crippen LogP contribution in [0.3, 0.4) is 0 Å². The third-order valence-electron chi connectivity index (χ3n) is 2.42. The normalized spacial score (nSPS) is 11.4. The summed E-state index contributed by atoms with van der Waals surface area (Å²) in [6, 6.07) is 7.73. The number of hydrogen-bond acceptors (Lipinski definition) is 2. The van der Waals surface area contributed by atoms with E-state index in [9.17, 15) is 4.79 Å². The Kier molecular flexibility index (Phi) is 8.31. The molecule has 0 fully saturated rings. The van der Waals surface area contributed by atoms with Crippen molar-refractivity contribution in [3.63, 3.8) is 0 Å². The van der Waals surface area contributed by atoms with Gasteiger partial charge in [-0.2, -0.15) is 0 Å². The Morgan fingerprint density at radius 2 is 1.95 bits per heavy atom. The van der Waals surface area contributed by atoms with Crippen LogP contribution >= 0.6 is 24.0 Å². The van der Waals surface area contributed by atoms with E-state index in [2.05, 4.69) is 41.7 Å². The SMILES string of the molecule is CN=C(NCc1cccc(NC(C)=O)c1)NC(C)(C)C.I. The molecule has 5 nitrogen and oxygen atoms in total. The minimum atomic E-state index is -0.0691. The number of halogens is 1. The number of nitrogens with zero attached hydrogens (tertiary/aromatic N) is 1. The molecule has 0 unspecified atom stereocenters. The summed E-state index contributed by atoms with van der Waals surface area (Å²) in [4.78, 5) is 15.2. The average molecular weight is 404 g/mol. The second-order valence-electron chi connectivity index (χ2n) is 5.68. The fourth-order valence-electron chi connectivity index (χ4n) is 1.68. The highest BCUT2D eigenvalue weighted by molar-refractivity contribution is 14.0. The molecule has 0 aliphatic heterocycles. The molecule has 0 aliphatic carbocycles. The molecule has 21 heavy (non-hydrogen) atoms. The summed E-state index contributed by atoms with van der Waals surface area (Å²) in [5, 5.41) is 9.31. The van der Waals surface area contributed by atoms with Crippen LogP contribution in [0.2, 0.25) is 0 Å². The van der Waals surface area contributed by atoms with Crippen molar-refractivity contribution in [2.24, 2.45) is 4.99 Å². The van der Waals surface area contributed by atoms with Crippen LogP contribution in [0.15, 0.2) is 29.3 Å². The van der Waals surface area contributed by atoms with Crippen LogP contribution in [0.4, 0.5) is 5.69 Å². The van der Waals surface area contributed by atoms with E-state index >= 15 is 0 Å². The Hall–Kier alpha value is -1.31. The van der Waals surface area contributed by atoms with Gasteiger partial charge < -0.3 is 16.0 Å². The standard InChI is InChI=1S/C15H24N4O.HI/c1-11(20)18-13-8-6-7-12(9-13)10-17-14(16-5)19-15(2,3)4;/h6-9H,10H2,1-5H3,(H,18,20)(H2,16,17,19);1H. The first-order valence-corrected chi connectivity index (χ1v) is 6.65. The number of amides is 1. The van der Waals surface area contributed by atoms with Crippen LogP contribution in [0.25, 0.3) is 0 Å². The van der Waals surface area contributed by atoms with Gasteiger partial charge in [-0.3, -0.25) is 9.79 Å². The van der Waals surface area contributed by atoms with E-state index in [1.807, 2.05) is 24.3 Å². The summed E-state index contributed by atoms with van der Waals surface area (Å²) >= 11 is 0. The molecular weight excluding hydrogens is 379 g/mol. The number of carbonyl (C=O) groups excluding carboxylic acids is 1. The highest BCUT2D eigenvalue weighted by atomic mass is 127. The molecule has 0 atom stereocenters. The summed E-state index contributed by atoms with van der Waals surface area (Å²) in [6.07, 6.45) is 0. The number of guanidine groups is 1. The molecule has 1 aromatic carbocycles. The molecule has 1 rings (SSSR count). The van der Waals surface area contributed by atoms with E-state index in [0.29, 0.717) is 6.54 Å². The predicted octanol–water partition coefficient (Wildman–Crippen LogP) is 2.73. The van der Waals surface area contributed by atoms with Crippen molar-refractivity contribution in [1.29, 1.82) is 0 Å². The molecule has 0 aromatic heterocycles. The third-order valence-corrected chi connectivity index (χ3v) is 2.42. The maximum atomic E-state index is 11.0. The van der Waals surface area contributed by atoms with Gasteiger partial charge in [0.2, 0.25) is 5.91 Å². The lowest BCUT2D eigenvalue weighted by atomic mass is 10.1. The van der Waals surface area contributed by atoms with Crippen molar-refractivity contribution >= 4 is 41.5 Å². The number of hydrogen-bond donors (Lipinski definition) is 3. The number of nitrogens with one attached hydrogen (secondary N) is 3. The number of carbonyl (C=O) groups is 1. The van der Waals surface area contributed by atoms with Gasteiger partial charge in [0.1, 0.15) is 0 Å². The van der Waals surface area contributed by atoms with Crippen molar-refractivity contribution < 1.29 is 4.79 Å². The highest BCUT2D eigenvalue weighted by Crippen LogP contribution is 2.10. The lowest BCUT2D eigenvalue weighted by molar-refractivity contribution is -0.114. The lowest BCUT2D eigenvalue weighted by Gasteiger charge is -2.23. The summed E-state index contributed by atoms with van der Waals surface area (Å²) in [7, 11) is 1.74. The first-order chi connectivity index (χ1) is 9.30. The van der Waals surface area contributed by atoms with Crippen LogP contribution in [0.1, 0.15) is 33.3 Å². The van der Waals surface area contributed by atoms with Gasteiger partial charge in [0.05, 0.1) is 0 Å². The van der Waals surface area contributed by atoms with Crippen molar-refractivity contribution in [2.75, 3.05) is 12.4 Å². The molecular formula is C15H25IN4O. The molecule has 0 bridgehead atoms. The van der Waals surface area contributed by atoms with E-state index in [0.717, 1.165) is 17.2 Å². The van der Waals surface area contributed by atoms with Gasteiger partial charge >= 0.3 is 0 Å². The first kappa shape index (κ1) is 19.7. The highest BCUT2D eigenvalue weighted by Gasteiger charge is 2.11. The predicted molar refractivity (Wildman–Crippen MR) is 99.2 cm³/mol. The molecule has 6 heteroatoms. The molecule has 0 saturated carbocycles. The molecule has 0 saturated heterocycles. The number of anilines is 1. The molecule has 0 heterocycles. The molecule has 1 aromatic rings. The minimum absolute atomic E-state index is 0. The zero-order chi connectivity index (χ0) is 15.2. The van der Waals surface area contributed by atoms with Gasteiger partial charge in [0, 0.05) is 31.7 Å². The summed E-state index contributed by atoms with van der Waals surface area (Å²) in [5.74, 6) is 0.683.